The first-order valence-electron chi connectivity index (χ1n) is 7.74. The molecular formula is C14H28N2O3S. The maximum atomic E-state index is 11.6. The van der Waals surface area contributed by atoms with Crippen LogP contribution >= 0.6 is 0 Å². The van der Waals surface area contributed by atoms with Gasteiger partial charge in [-0.05, 0) is 50.9 Å². The standard InChI is InChI=1S/C14H28N2O3S/c1-3-19-14(12-6-7-12)13(15)9-11-5-4-8-16(10-11)20(2,17)18/h11-14H,3-10,15H2,1-2H3. The van der Waals surface area contributed by atoms with E-state index < -0.39 is 10.0 Å². The van der Waals surface area contributed by atoms with Crippen molar-refractivity contribution in [3.05, 3.63) is 0 Å². The molecule has 0 spiro atoms. The molecule has 0 aromatic heterocycles. The summed E-state index contributed by atoms with van der Waals surface area (Å²) in [5, 5.41) is 0. The smallest absolute Gasteiger partial charge is 0.211 e. The molecule has 0 aromatic rings. The Balaban J connectivity index is 1.88. The fourth-order valence-electron chi connectivity index (χ4n) is 3.27. The molecule has 1 aliphatic carbocycles. The molecule has 20 heavy (non-hydrogen) atoms. The van der Waals surface area contributed by atoms with Crippen molar-refractivity contribution in [2.24, 2.45) is 17.6 Å². The summed E-state index contributed by atoms with van der Waals surface area (Å²) in [6.45, 7) is 3.99. The third-order valence-electron chi connectivity index (χ3n) is 4.42. The first kappa shape index (κ1) is 16.2. The van der Waals surface area contributed by atoms with E-state index in [1.807, 2.05) is 6.92 Å². The van der Waals surface area contributed by atoms with Gasteiger partial charge in [-0.25, -0.2) is 12.7 Å². The Bertz CT molecular complexity index is 409. The van der Waals surface area contributed by atoms with Gasteiger partial charge in [-0.3, -0.25) is 0 Å². The Morgan fingerprint density at radius 3 is 2.60 bits per heavy atom. The van der Waals surface area contributed by atoms with Crippen molar-refractivity contribution in [3.8, 4) is 0 Å². The number of piperidine rings is 1. The lowest BCUT2D eigenvalue weighted by Gasteiger charge is -2.34. The average Bonchev–Trinajstić information content (AvgIpc) is 3.19. The summed E-state index contributed by atoms with van der Waals surface area (Å²) in [6, 6.07) is 0.0342. The van der Waals surface area contributed by atoms with Gasteiger partial charge in [0, 0.05) is 25.7 Å². The van der Waals surface area contributed by atoms with Crippen LogP contribution in [0, 0.1) is 11.8 Å². The minimum absolute atomic E-state index is 0.0342. The number of nitrogens with two attached hydrogens (primary N) is 1. The zero-order chi connectivity index (χ0) is 14.8. The van der Waals surface area contributed by atoms with Crippen molar-refractivity contribution in [1.29, 1.82) is 0 Å². The van der Waals surface area contributed by atoms with Crippen LogP contribution in [0.2, 0.25) is 0 Å². The van der Waals surface area contributed by atoms with Crippen molar-refractivity contribution in [2.45, 2.75) is 51.2 Å². The molecule has 118 valence electrons. The monoisotopic (exact) mass is 304 g/mol. The maximum absolute atomic E-state index is 11.6. The molecule has 2 N–H and O–H groups in total. The molecule has 0 radical (unpaired) electrons. The van der Waals surface area contributed by atoms with Gasteiger partial charge < -0.3 is 10.5 Å². The minimum Gasteiger partial charge on any atom is -0.377 e. The zero-order valence-corrected chi connectivity index (χ0v) is 13.4. The Morgan fingerprint density at radius 2 is 2.05 bits per heavy atom. The summed E-state index contributed by atoms with van der Waals surface area (Å²) in [7, 11) is -3.07. The molecule has 1 heterocycles. The van der Waals surface area contributed by atoms with E-state index in [-0.39, 0.29) is 12.1 Å². The van der Waals surface area contributed by atoms with E-state index in [1.165, 1.54) is 19.1 Å². The quantitative estimate of drug-likeness (QED) is 0.767. The van der Waals surface area contributed by atoms with Crippen molar-refractivity contribution < 1.29 is 13.2 Å². The number of nitrogens with zero attached hydrogens (tertiary/aromatic N) is 1. The van der Waals surface area contributed by atoms with Crippen LogP contribution < -0.4 is 5.73 Å². The molecule has 5 nitrogen and oxygen atoms in total. The van der Waals surface area contributed by atoms with Gasteiger partial charge in [-0.2, -0.15) is 0 Å². The molecule has 3 unspecified atom stereocenters. The average molecular weight is 304 g/mol. The number of hydrogen-bond acceptors (Lipinski definition) is 4. The summed E-state index contributed by atoms with van der Waals surface area (Å²) in [4.78, 5) is 0. The van der Waals surface area contributed by atoms with Gasteiger partial charge in [0.25, 0.3) is 0 Å². The number of hydrogen-bond donors (Lipinski definition) is 1. The number of ether oxygens (including phenoxy) is 1. The second kappa shape index (κ2) is 6.73. The molecule has 1 aliphatic heterocycles. The molecule has 2 rings (SSSR count). The van der Waals surface area contributed by atoms with Gasteiger partial charge >= 0.3 is 0 Å². The summed E-state index contributed by atoms with van der Waals surface area (Å²) < 4.78 is 30.7. The molecule has 0 bridgehead atoms. The molecule has 0 aromatic carbocycles. The second-order valence-corrected chi connectivity index (χ2v) is 8.27. The van der Waals surface area contributed by atoms with Crippen LogP contribution in [-0.4, -0.2) is 50.8 Å². The highest BCUT2D eigenvalue weighted by atomic mass is 32.2. The predicted molar refractivity (Wildman–Crippen MR) is 79.9 cm³/mol. The van der Waals surface area contributed by atoms with Crippen LogP contribution in [0.1, 0.15) is 39.0 Å². The molecular weight excluding hydrogens is 276 g/mol. The van der Waals surface area contributed by atoms with Crippen LogP contribution in [0.4, 0.5) is 0 Å². The first-order chi connectivity index (χ1) is 9.41. The van der Waals surface area contributed by atoms with Gasteiger partial charge in [0.1, 0.15) is 0 Å². The van der Waals surface area contributed by atoms with Gasteiger partial charge in [0.15, 0.2) is 0 Å². The summed E-state index contributed by atoms with van der Waals surface area (Å²) >= 11 is 0. The lowest BCUT2D eigenvalue weighted by Crippen LogP contribution is -2.44. The van der Waals surface area contributed by atoms with Gasteiger partial charge in [-0.1, -0.05) is 0 Å². The largest absolute Gasteiger partial charge is 0.377 e. The van der Waals surface area contributed by atoms with Crippen molar-refractivity contribution in [3.63, 3.8) is 0 Å². The first-order valence-corrected chi connectivity index (χ1v) is 9.59. The SMILES string of the molecule is CCOC(C(N)CC1CCCN(S(C)(=O)=O)C1)C1CC1. The number of rotatable bonds is 7. The highest BCUT2D eigenvalue weighted by molar-refractivity contribution is 7.88. The minimum atomic E-state index is -3.07. The summed E-state index contributed by atoms with van der Waals surface area (Å²) in [5.41, 5.74) is 6.34. The zero-order valence-electron chi connectivity index (χ0n) is 12.6. The molecule has 6 heteroatoms. The topological polar surface area (TPSA) is 72.6 Å². The molecule has 1 saturated heterocycles. The Kier molecular flexibility index (Phi) is 5.45. The van der Waals surface area contributed by atoms with Gasteiger partial charge in [0.2, 0.25) is 10.0 Å². The van der Waals surface area contributed by atoms with Crippen LogP contribution in [-0.2, 0) is 14.8 Å². The fraction of sp³-hybridized carbons (Fsp3) is 1.00. The van der Waals surface area contributed by atoms with E-state index in [0.717, 1.165) is 19.3 Å². The Labute approximate surface area is 122 Å². The molecule has 1 saturated carbocycles. The Morgan fingerprint density at radius 1 is 1.35 bits per heavy atom. The second-order valence-electron chi connectivity index (χ2n) is 6.29. The van der Waals surface area contributed by atoms with Crippen molar-refractivity contribution >= 4 is 10.0 Å². The summed E-state index contributed by atoms with van der Waals surface area (Å²) in [6.07, 6.45) is 6.77. The van der Waals surface area contributed by atoms with E-state index in [0.29, 0.717) is 31.5 Å². The van der Waals surface area contributed by atoms with Crippen molar-refractivity contribution in [1.82, 2.24) is 4.31 Å². The van der Waals surface area contributed by atoms with E-state index >= 15 is 0 Å². The summed E-state index contributed by atoms with van der Waals surface area (Å²) in [5.74, 6) is 0.995. The lowest BCUT2D eigenvalue weighted by molar-refractivity contribution is 0.0209. The van der Waals surface area contributed by atoms with E-state index in [9.17, 15) is 8.42 Å². The Hall–Kier alpha value is -0.170. The fourth-order valence-corrected chi connectivity index (χ4v) is 4.21. The van der Waals surface area contributed by atoms with E-state index in [2.05, 4.69) is 0 Å². The highest BCUT2D eigenvalue weighted by Crippen LogP contribution is 2.37. The molecule has 2 aliphatic rings. The molecule has 2 fully saturated rings. The third-order valence-corrected chi connectivity index (χ3v) is 5.69. The lowest BCUT2D eigenvalue weighted by atomic mass is 9.89. The number of sulfonamides is 1. The van der Waals surface area contributed by atoms with Crippen LogP contribution in [0.15, 0.2) is 0 Å². The van der Waals surface area contributed by atoms with E-state index in [4.69, 9.17) is 10.5 Å². The van der Waals surface area contributed by atoms with Crippen LogP contribution in [0.3, 0.4) is 0 Å². The van der Waals surface area contributed by atoms with Gasteiger partial charge in [0.05, 0.1) is 12.4 Å². The maximum Gasteiger partial charge on any atom is 0.211 e. The predicted octanol–water partition coefficient (Wildman–Crippen LogP) is 1.19. The van der Waals surface area contributed by atoms with Crippen LogP contribution in [0.5, 0.6) is 0 Å². The molecule has 0 amide bonds. The highest BCUT2D eigenvalue weighted by Gasteiger charge is 2.37. The third kappa shape index (κ3) is 4.41. The normalized spacial score (nSPS) is 28.2. The van der Waals surface area contributed by atoms with Crippen molar-refractivity contribution in [2.75, 3.05) is 26.0 Å². The van der Waals surface area contributed by atoms with Gasteiger partial charge in [-0.15, -0.1) is 0 Å². The molecule has 3 atom stereocenters. The van der Waals surface area contributed by atoms with E-state index in [1.54, 1.807) is 4.31 Å². The van der Waals surface area contributed by atoms with Crippen LogP contribution in [0.25, 0.3) is 0 Å².